The monoisotopic (exact) mass is 507 g/mol. The molecule has 7 heteroatoms. The van der Waals surface area contributed by atoms with Crippen molar-refractivity contribution in [3.05, 3.63) is 52.4 Å². The van der Waals surface area contributed by atoms with Crippen LogP contribution in [-0.2, 0) is 17.6 Å². The molecule has 0 amide bonds. The lowest BCUT2D eigenvalue weighted by Gasteiger charge is -2.44. The molecule has 0 N–H and O–H groups in total. The molecule has 3 aliphatic rings. The van der Waals surface area contributed by atoms with E-state index in [0.717, 1.165) is 32.6 Å². The second kappa shape index (κ2) is 10.6. The summed E-state index contributed by atoms with van der Waals surface area (Å²) in [5, 5.41) is 1.07. The molecule has 0 spiro atoms. The van der Waals surface area contributed by atoms with E-state index in [9.17, 15) is 9.59 Å². The van der Waals surface area contributed by atoms with E-state index in [1.54, 1.807) is 32.7 Å². The highest BCUT2D eigenvalue weighted by molar-refractivity contribution is 7.20. The topological polar surface area (TPSA) is 65.1 Å². The van der Waals surface area contributed by atoms with Gasteiger partial charge in [-0.2, -0.15) is 0 Å². The third-order valence-corrected chi connectivity index (χ3v) is 8.76. The molecule has 1 atom stereocenters. The SMILES string of the molecule is COc1cc(CC(=O)Cc2ccc3cc(C(=O)C[C@H]4CN5CCC4CC5)sc3c2)cc(OC)c1OC. The van der Waals surface area contributed by atoms with E-state index in [2.05, 4.69) is 11.0 Å². The van der Waals surface area contributed by atoms with Gasteiger partial charge >= 0.3 is 0 Å². The van der Waals surface area contributed by atoms with Gasteiger partial charge in [-0.1, -0.05) is 12.1 Å². The second-order valence-corrected chi connectivity index (χ2v) is 11.0. The highest BCUT2D eigenvalue weighted by Gasteiger charge is 2.35. The Balaban J connectivity index is 1.25. The number of methoxy groups -OCH3 is 3. The molecule has 6 nitrogen and oxygen atoms in total. The number of Topliss-reactive ketones (excluding diaryl/α,β-unsaturated/α-hetero) is 2. The van der Waals surface area contributed by atoms with E-state index in [1.807, 2.05) is 30.3 Å². The average molecular weight is 508 g/mol. The maximum absolute atomic E-state index is 13.1. The van der Waals surface area contributed by atoms with Gasteiger partial charge in [0, 0.05) is 30.5 Å². The van der Waals surface area contributed by atoms with Gasteiger partial charge in [0.15, 0.2) is 17.3 Å². The molecule has 190 valence electrons. The Bertz CT molecular complexity index is 1250. The summed E-state index contributed by atoms with van der Waals surface area (Å²) >= 11 is 1.55. The molecule has 1 aromatic heterocycles. The molecule has 36 heavy (non-hydrogen) atoms. The van der Waals surface area contributed by atoms with Crippen LogP contribution in [0.4, 0.5) is 0 Å². The molecule has 2 bridgehead atoms. The van der Waals surface area contributed by atoms with Crippen LogP contribution in [0, 0.1) is 11.8 Å². The van der Waals surface area contributed by atoms with Crippen LogP contribution in [0.3, 0.4) is 0 Å². The molecular formula is C29H33NO5S. The van der Waals surface area contributed by atoms with E-state index in [1.165, 1.54) is 25.9 Å². The van der Waals surface area contributed by atoms with Crippen molar-refractivity contribution < 1.29 is 23.8 Å². The number of carbonyl (C=O) groups is 2. The minimum absolute atomic E-state index is 0.0961. The quantitative estimate of drug-likeness (QED) is 0.352. The summed E-state index contributed by atoms with van der Waals surface area (Å²) in [4.78, 5) is 29.3. The Morgan fingerprint density at radius 1 is 0.917 bits per heavy atom. The van der Waals surface area contributed by atoms with Crippen molar-refractivity contribution in [3.63, 3.8) is 0 Å². The molecule has 6 rings (SSSR count). The van der Waals surface area contributed by atoms with Crippen LogP contribution in [-0.4, -0.2) is 57.4 Å². The first-order chi connectivity index (χ1) is 17.5. The van der Waals surface area contributed by atoms with Gasteiger partial charge in [-0.3, -0.25) is 9.59 Å². The molecule has 0 saturated carbocycles. The number of benzene rings is 2. The third-order valence-electron chi connectivity index (χ3n) is 7.63. The summed E-state index contributed by atoms with van der Waals surface area (Å²) in [7, 11) is 4.69. The summed E-state index contributed by atoms with van der Waals surface area (Å²) < 4.78 is 17.2. The summed E-state index contributed by atoms with van der Waals surface area (Å²) in [6.45, 7) is 3.46. The Kier molecular flexibility index (Phi) is 7.30. The number of thiophene rings is 1. The first-order valence-corrected chi connectivity index (χ1v) is 13.4. The normalized spacial score (nSPS) is 20.9. The minimum Gasteiger partial charge on any atom is -0.493 e. The summed E-state index contributed by atoms with van der Waals surface area (Å²) in [5.41, 5.74) is 1.77. The zero-order chi connectivity index (χ0) is 25.2. The number of carbonyl (C=O) groups excluding carboxylic acids is 2. The fourth-order valence-electron chi connectivity index (χ4n) is 5.74. The van der Waals surface area contributed by atoms with Crippen LogP contribution in [0.15, 0.2) is 36.4 Å². The van der Waals surface area contributed by atoms with E-state index >= 15 is 0 Å². The van der Waals surface area contributed by atoms with Gasteiger partial charge in [0.2, 0.25) is 5.75 Å². The second-order valence-electron chi connectivity index (χ2n) is 9.93. The van der Waals surface area contributed by atoms with Crippen molar-refractivity contribution >= 4 is 33.0 Å². The molecule has 2 aromatic carbocycles. The van der Waals surface area contributed by atoms with Gasteiger partial charge in [-0.25, -0.2) is 0 Å². The number of nitrogens with zero attached hydrogens (tertiary/aromatic N) is 1. The predicted octanol–water partition coefficient (Wildman–Crippen LogP) is 5.20. The number of hydrogen-bond donors (Lipinski definition) is 0. The zero-order valence-corrected chi connectivity index (χ0v) is 22.0. The first-order valence-electron chi connectivity index (χ1n) is 12.6. The average Bonchev–Trinajstić information content (AvgIpc) is 3.32. The molecule has 3 fully saturated rings. The minimum atomic E-state index is 0.0961. The van der Waals surface area contributed by atoms with Crippen molar-refractivity contribution in [2.24, 2.45) is 11.8 Å². The summed E-state index contributed by atoms with van der Waals surface area (Å²) in [6.07, 6.45) is 3.71. The van der Waals surface area contributed by atoms with E-state index < -0.39 is 0 Å². The lowest BCUT2D eigenvalue weighted by Crippen LogP contribution is -2.47. The van der Waals surface area contributed by atoms with Gasteiger partial charge in [0.05, 0.1) is 26.2 Å². The van der Waals surface area contributed by atoms with E-state index in [4.69, 9.17) is 14.2 Å². The van der Waals surface area contributed by atoms with Crippen molar-refractivity contribution in [2.45, 2.75) is 32.1 Å². The fraction of sp³-hybridized carbons (Fsp3) is 0.448. The number of hydrogen-bond acceptors (Lipinski definition) is 7. The van der Waals surface area contributed by atoms with Crippen LogP contribution >= 0.6 is 11.3 Å². The van der Waals surface area contributed by atoms with E-state index in [0.29, 0.717) is 41.9 Å². The van der Waals surface area contributed by atoms with Crippen molar-refractivity contribution in [3.8, 4) is 17.2 Å². The van der Waals surface area contributed by atoms with Crippen molar-refractivity contribution in [1.29, 1.82) is 0 Å². The molecule has 3 aliphatic heterocycles. The Labute approximate surface area is 216 Å². The Hall–Kier alpha value is -2.90. The highest BCUT2D eigenvalue weighted by atomic mass is 32.1. The van der Waals surface area contributed by atoms with Crippen molar-refractivity contribution in [2.75, 3.05) is 41.0 Å². The van der Waals surface area contributed by atoms with Crippen LogP contribution in [0.5, 0.6) is 17.2 Å². The molecule has 0 aliphatic carbocycles. The standard InChI is InChI=1S/C29H33NO5S/c1-33-25-12-19(13-26(34-2)29(25)35-3)11-23(31)10-18-4-5-21-16-28(36-27(21)14-18)24(32)15-22-17-30-8-6-20(22)7-9-30/h4-5,12-14,16,20,22H,6-11,15,17H2,1-3H3/t22-/m0/s1. The molecule has 0 unspecified atom stereocenters. The molecular weight excluding hydrogens is 474 g/mol. The number of fused-ring (bicyclic) bond motifs is 4. The van der Waals surface area contributed by atoms with Gasteiger partial charge in [-0.15, -0.1) is 11.3 Å². The molecule has 4 heterocycles. The smallest absolute Gasteiger partial charge is 0.203 e. The highest BCUT2D eigenvalue weighted by Crippen LogP contribution is 2.39. The largest absolute Gasteiger partial charge is 0.493 e. The molecule has 3 saturated heterocycles. The number of ether oxygens (including phenoxy) is 3. The van der Waals surface area contributed by atoms with Gasteiger partial charge < -0.3 is 19.1 Å². The Morgan fingerprint density at radius 3 is 2.22 bits per heavy atom. The molecule has 3 aromatic rings. The van der Waals surface area contributed by atoms with Gasteiger partial charge in [0.1, 0.15) is 5.78 Å². The predicted molar refractivity (Wildman–Crippen MR) is 142 cm³/mol. The van der Waals surface area contributed by atoms with Crippen molar-refractivity contribution in [1.82, 2.24) is 4.90 Å². The van der Waals surface area contributed by atoms with Crippen LogP contribution < -0.4 is 14.2 Å². The summed E-state index contributed by atoms with van der Waals surface area (Å²) in [5.74, 6) is 3.14. The molecule has 0 radical (unpaired) electrons. The lowest BCUT2D eigenvalue weighted by molar-refractivity contribution is -0.117. The zero-order valence-electron chi connectivity index (χ0n) is 21.2. The van der Waals surface area contributed by atoms with Gasteiger partial charge in [-0.05, 0) is 78.5 Å². The van der Waals surface area contributed by atoms with Crippen LogP contribution in [0.25, 0.3) is 10.1 Å². The lowest BCUT2D eigenvalue weighted by atomic mass is 9.76. The Morgan fingerprint density at radius 2 is 1.61 bits per heavy atom. The van der Waals surface area contributed by atoms with Gasteiger partial charge in [0.25, 0.3) is 0 Å². The fourth-order valence-corrected chi connectivity index (χ4v) is 6.81. The first kappa shape index (κ1) is 24.8. The third kappa shape index (κ3) is 5.13. The summed E-state index contributed by atoms with van der Waals surface area (Å²) in [6, 6.07) is 11.7. The maximum Gasteiger partial charge on any atom is 0.203 e. The number of ketones is 2. The number of rotatable bonds is 10. The maximum atomic E-state index is 13.1. The van der Waals surface area contributed by atoms with Crippen LogP contribution in [0.1, 0.15) is 40.1 Å². The number of piperidine rings is 3. The van der Waals surface area contributed by atoms with Crippen LogP contribution in [0.2, 0.25) is 0 Å². The van der Waals surface area contributed by atoms with E-state index in [-0.39, 0.29) is 18.0 Å².